The minimum absolute atomic E-state index is 0.202. The number of hydrogen-bond acceptors (Lipinski definition) is 6. The van der Waals surface area contributed by atoms with Crippen LogP contribution in [0.1, 0.15) is 41.4 Å². The van der Waals surface area contributed by atoms with Gasteiger partial charge in [-0.25, -0.2) is 4.98 Å². The number of carbonyl (C=O) groups is 1. The number of pyridine rings is 1. The minimum atomic E-state index is -0.259. The lowest BCUT2D eigenvalue weighted by Crippen LogP contribution is -2.24. The number of rotatable bonds is 5. The summed E-state index contributed by atoms with van der Waals surface area (Å²) in [5.74, 6) is 1.42. The first-order valence-electron chi connectivity index (χ1n) is 9.65. The van der Waals surface area contributed by atoms with Gasteiger partial charge in [0, 0.05) is 12.6 Å². The molecule has 8 heteroatoms. The van der Waals surface area contributed by atoms with Gasteiger partial charge in [0.1, 0.15) is 23.6 Å². The third kappa shape index (κ3) is 3.84. The lowest BCUT2D eigenvalue weighted by atomic mass is 9.97. The molecule has 29 heavy (non-hydrogen) atoms. The van der Waals surface area contributed by atoms with Gasteiger partial charge in [-0.2, -0.15) is 0 Å². The van der Waals surface area contributed by atoms with Crippen LogP contribution in [0.15, 0.2) is 36.7 Å². The lowest BCUT2D eigenvalue weighted by Gasteiger charge is -2.20. The predicted octanol–water partition coefficient (Wildman–Crippen LogP) is 2.83. The first kappa shape index (κ1) is 19.1. The smallest absolute Gasteiger partial charge is 0.260 e. The van der Waals surface area contributed by atoms with E-state index in [1.807, 2.05) is 28.8 Å². The average molecular weight is 392 g/mol. The van der Waals surface area contributed by atoms with Crippen molar-refractivity contribution in [1.82, 2.24) is 25.1 Å². The van der Waals surface area contributed by atoms with Crippen LogP contribution >= 0.6 is 0 Å². The second-order valence-corrected chi connectivity index (χ2v) is 7.27. The second kappa shape index (κ2) is 8.00. The van der Waals surface area contributed by atoms with E-state index in [2.05, 4.69) is 39.7 Å². The number of hydrogen-bond donors (Lipinski definition) is 2. The Hall–Kier alpha value is -3.26. The molecule has 0 fully saturated rings. The second-order valence-electron chi connectivity index (χ2n) is 7.27. The maximum Gasteiger partial charge on any atom is 0.260 e. The Morgan fingerprint density at radius 1 is 1.28 bits per heavy atom. The molecule has 0 radical (unpaired) electrons. The molecule has 0 bridgehead atoms. The van der Waals surface area contributed by atoms with Crippen LogP contribution < -0.4 is 15.4 Å². The number of methoxy groups -OCH3 is 1. The summed E-state index contributed by atoms with van der Waals surface area (Å²) in [6.45, 7) is 5.78. The highest BCUT2D eigenvalue weighted by Crippen LogP contribution is 2.27. The summed E-state index contributed by atoms with van der Waals surface area (Å²) in [7, 11) is 1.58. The van der Waals surface area contributed by atoms with Crippen LogP contribution in [-0.2, 0) is 13.0 Å². The molecule has 2 N–H and O–H groups in total. The summed E-state index contributed by atoms with van der Waals surface area (Å²) in [6, 6.07) is 9.50. The standard InChI is InChI=1S/C21H24N6O2/c1-13(2)27-12-23-26-20(27)17-5-4-6-19(24-17)25-21(28)16-9-15-11-22-8-7-14(15)10-18(16)29-3/h4-6,9-10,12-13,22H,7-8,11H2,1-3H3,(H,24,25,28). The molecule has 1 aliphatic heterocycles. The van der Waals surface area contributed by atoms with E-state index in [0.717, 1.165) is 25.1 Å². The lowest BCUT2D eigenvalue weighted by molar-refractivity contribution is 0.102. The summed E-state index contributed by atoms with van der Waals surface area (Å²) >= 11 is 0. The normalized spacial score (nSPS) is 13.2. The summed E-state index contributed by atoms with van der Waals surface area (Å²) < 4.78 is 7.41. The van der Waals surface area contributed by atoms with E-state index in [9.17, 15) is 4.79 Å². The van der Waals surface area contributed by atoms with Crippen molar-refractivity contribution in [2.75, 3.05) is 19.0 Å². The molecule has 3 heterocycles. The maximum atomic E-state index is 13.0. The number of benzene rings is 1. The van der Waals surface area contributed by atoms with Crippen molar-refractivity contribution in [1.29, 1.82) is 0 Å². The Morgan fingerprint density at radius 2 is 2.14 bits per heavy atom. The van der Waals surface area contributed by atoms with Crippen molar-refractivity contribution in [3.8, 4) is 17.3 Å². The highest BCUT2D eigenvalue weighted by molar-refractivity contribution is 6.06. The molecule has 1 aromatic carbocycles. The quantitative estimate of drug-likeness (QED) is 0.693. The van der Waals surface area contributed by atoms with E-state index in [1.165, 1.54) is 5.56 Å². The number of aromatic nitrogens is 4. The molecule has 1 aliphatic rings. The Morgan fingerprint density at radius 3 is 2.93 bits per heavy atom. The number of ether oxygens (including phenoxy) is 1. The third-order valence-electron chi connectivity index (χ3n) is 5.00. The number of nitrogens with zero attached hydrogens (tertiary/aromatic N) is 4. The molecular formula is C21H24N6O2. The van der Waals surface area contributed by atoms with Crippen molar-refractivity contribution in [2.45, 2.75) is 32.9 Å². The zero-order chi connectivity index (χ0) is 20.4. The Bertz CT molecular complexity index is 1040. The first-order chi connectivity index (χ1) is 14.1. The predicted molar refractivity (Wildman–Crippen MR) is 110 cm³/mol. The number of carbonyl (C=O) groups excluding carboxylic acids is 1. The molecule has 4 rings (SSSR count). The van der Waals surface area contributed by atoms with Gasteiger partial charge in [0.15, 0.2) is 5.82 Å². The highest BCUT2D eigenvalue weighted by Gasteiger charge is 2.19. The van der Waals surface area contributed by atoms with Crippen molar-refractivity contribution in [2.24, 2.45) is 0 Å². The van der Waals surface area contributed by atoms with Crippen molar-refractivity contribution >= 4 is 11.7 Å². The average Bonchev–Trinajstić information content (AvgIpc) is 3.23. The van der Waals surface area contributed by atoms with Crippen LogP contribution in [0.5, 0.6) is 5.75 Å². The Kier molecular flexibility index (Phi) is 5.26. The van der Waals surface area contributed by atoms with Crippen molar-refractivity contribution in [3.05, 3.63) is 53.3 Å². The van der Waals surface area contributed by atoms with Gasteiger partial charge in [-0.15, -0.1) is 10.2 Å². The van der Waals surface area contributed by atoms with Gasteiger partial charge in [-0.05, 0) is 62.2 Å². The number of amides is 1. The van der Waals surface area contributed by atoms with Crippen LogP contribution in [0.4, 0.5) is 5.82 Å². The SMILES string of the molecule is COc1cc2c(cc1C(=O)Nc1cccc(-c3nncn3C(C)C)n1)CNCC2. The fourth-order valence-electron chi connectivity index (χ4n) is 3.47. The Labute approximate surface area is 169 Å². The van der Waals surface area contributed by atoms with Gasteiger partial charge in [0.05, 0.1) is 12.7 Å². The molecule has 0 unspecified atom stereocenters. The molecule has 0 aliphatic carbocycles. The molecule has 3 aromatic rings. The van der Waals surface area contributed by atoms with Gasteiger partial charge < -0.3 is 19.9 Å². The highest BCUT2D eigenvalue weighted by atomic mass is 16.5. The monoisotopic (exact) mass is 392 g/mol. The molecular weight excluding hydrogens is 368 g/mol. The summed E-state index contributed by atoms with van der Waals surface area (Å²) in [5.41, 5.74) is 3.47. The van der Waals surface area contributed by atoms with Crippen LogP contribution in [0, 0.1) is 0 Å². The summed E-state index contributed by atoms with van der Waals surface area (Å²) in [6.07, 6.45) is 2.60. The zero-order valence-corrected chi connectivity index (χ0v) is 16.8. The molecule has 0 atom stereocenters. The summed E-state index contributed by atoms with van der Waals surface area (Å²) in [5, 5.41) is 14.4. The number of anilines is 1. The fourth-order valence-corrected chi connectivity index (χ4v) is 3.47. The van der Waals surface area contributed by atoms with E-state index in [1.54, 1.807) is 19.5 Å². The summed E-state index contributed by atoms with van der Waals surface area (Å²) in [4.78, 5) is 17.5. The van der Waals surface area contributed by atoms with Crippen LogP contribution in [-0.4, -0.2) is 39.3 Å². The minimum Gasteiger partial charge on any atom is -0.496 e. The maximum absolute atomic E-state index is 13.0. The van der Waals surface area contributed by atoms with Gasteiger partial charge in [-0.1, -0.05) is 6.07 Å². The van der Waals surface area contributed by atoms with Crippen molar-refractivity contribution < 1.29 is 9.53 Å². The number of nitrogens with one attached hydrogen (secondary N) is 2. The molecule has 1 amide bonds. The van der Waals surface area contributed by atoms with Gasteiger partial charge in [-0.3, -0.25) is 4.79 Å². The first-order valence-corrected chi connectivity index (χ1v) is 9.65. The molecule has 0 spiro atoms. The molecule has 150 valence electrons. The number of fused-ring (bicyclic) bond motifs is 1. The largest absolute Gasteiger partial charge is 0.496 e. The van der Waals surface area contributed by atoms with Gasteiger partial charge >= 0.3 is 0 Å². The van der Waals surface area contributed by atoms with E-state index >= 15 is 0 Å². The van der Waals surface area contributed by atoms with Crippen LogP contribution in [0.25, 0.3) is 11.5 Å². The van der Waals surface area contributed by atoms with E-state index in [0.29, 0.717) is 28.6 Å². The molecule has 0 saturated heterocycles. The molecule has 2 aromatic heterocycles. The van der Waals surface area contributed by atoms with Crippen LogP contribution in [0.2, 0.25) is 0 Å². The van der Waals surface area contributed by atoms with E-state index in [-0.39, 0.29) is 11.9 Å². The van der Waals surface area contributed by atoms with Gasteiger partial charge in [0.25, 0.3) is 5.91 Å². The molecule has 0 saturated carbocycles. The van der Waals surface area contributed by atoms with Crippen molar-refractivity contribution in [3.63, 3.8) is 0 Å². The van der Waals surface area contributed by atoms with E-state index < -0.39 is 0 Å². The van der Waals surface area contributed by atoms with Crippen LogP contribution in [0.3, 0.4) is 0 Å². The Balaban J connectivity index is 1.62. The fraction of sp³-hybridized carbons (Fsp3) is 0.333. The molecule has 8 nitrogen and oxygen atoms in total. The third-order valence-corrected chi connectivity index (χ3v) is 5.00. The van der Waals surface area contributed by atoms with Gasteiger partial charge in [0.2, 0.25) is 0 Å². The van der Waals surface area contributed by atoms with E-state index in [4.69, 9.17) is 4.74 Å². The topological polar surface area (TPSA) is 94.0 Å². The zero-order valence-electron chi connectivity index (χ0n) is 16.8.